The molecule has 4 nitrogen and oxygen atoms in total. The first-order valence-electron chi connectivity index (χ1n) is 6.55. The second kappa shape index (κ2) is 6.69. The minimum Gasteiger partial charge on any atom is -0.384 e. The average Bonchev–Trinajstić information content (AvgIpc) is 2.48. The van der Waals surface area contributed by atoms with Crippen molar-refractivity contribution in [3.8, 4) is 11.8 Å². The van der Waals surface area contributed by atoms with Crippen molar-refractivity contribution >= 4 is 11.7 Å². The normalized spacial score (nSPS) is 9.67. The molecular formula is C17H16N2O2. The fourth-order valence-corrected chi connectivity index (χ4v) is 1.88. The highest BCUT2D eigenvalue weighted by atomic mass is 16.2. The van der Waals surface area contributed by atoms with E-state index in [1.165, 1.54) is 0 Å². The molecule has 0 radical (unpaired) electrons. The van der Waals surface area contributed by atoms with E-state index in [0.717, 1.165) is 16.7 Å². The molecule has 4 heteroatoms. The molecule has 21 heavy (non-hydrogen) atoms. The summed E-state index contributed by atoms with van der Waals surface area (Å²) < 4.78 is 0. The van der Waals surface area contributed by atoms with Crippen LogP contribution in [0.25, 0.3) is 0 Å². The number of rotatable bonds is 2. The van der Waals surface area contributed by atoms with Gasteiger partial charge in [-0.3, -0.25) is 4.79 Å². The van der Waals surface area contributed by atoms with Crippen LogP contribution in [0.2, 0.25) is 0 Å². The van der Waals surface area contributed by atoms with Crippen LogP contribution in [0.1, 0.15) is 27.0 Å². The van der Waals surface area contributed by atoms with Gasteiger partial charge in [-0.15, -0.1) is 0 Å². The molecule has 0 atom stereocenters. The van der Waals surface area contributed by atoms with Gasteiger partial charge in [-0.05, 0) is 43.2 Å². The van der Waals surface area contributed by atoms with E-state index in [1.54, 1.807) is 24.4 Å². The summed E-state index contributed by atoms with van der Waals surface area (Å²) in [6, 6.07) is 8.98. The lowest BCUT2D eigenvalue weighted by molar-refractivity contribution is 0.102. The van der Waals surface area contributed by atoms with Gasteiger partial charge in [0.15, 0.2) is 0 Å². The fourth-order valence-electron chi connectivity index (χ4n) is 1.88. The lowest BCUT2D eigenvalue weighted by Gasteiger charge is -2.08. The summed E-state index contributed by atoms with van der Waals surface area (Å²) in [5, 5.41) is 11.5. The molecule has 0 saturated heterocycles. The van der Waals surface area contributed by atoms with E-state index in [0.29, 0.717) is 11.4 Å². The van der Waals surface area contributed by atoms with Crippen molar-refractivity contribution in [1.82, 2.24) is 4.98 Å². The van der Waals surface area contributed by atoms with Gasteiger partial charge in [-0.1, -0.05) is 24.0 Å². The third-order valence-corrected chi connectivity index (χ3v) is 3.03. The minimum atomic E-state index is -0.225. The van der Waals surface area contributed by atoms with Gasteiger partial charge < -0.3 is 10.4 Å². The first-order valence-corrected chi connectivity index (χ1v) is 6.55. The van der Waals surface area contributed by atoms with Crippen LogP contribution in [-0.2, 0) is 0 Å². The Labute approximate surface area is 123 Å². The van der Waals surface area contributed by atoms with Crippen LogP contribution >= 0.6 is 0 Å². The highest BCUT2D eigenvalue weighted by Crippen LogP contribution is 2.15. The maximum Gasteiger partial charge on any atom is 0.257 e. The Kier molecular flexibility index (Phi) is 4.70. The van der Waals surface area contributed by atoms with E-state index in [-0.39, 0.29) is 12.5 Å². The first kappa shape index (κ1) is 14.8. The number of aliphatic hydroxyl groups excluding tert-OH is 1. The number of benzene rings is 1. The SMILES string of the molecule is Cc1ccc(NC(=O)c2cccc(C#CCO)c2C)nc1. The van der Waals surface area contributed by atoms with Gasteiger partial charge in [0.2, 0.25) is 0 Å². The molecule has 0 spiro atoms. The maximum atomic E-state index is 12.3. The molecule has 1 amide bonds. The number of aromatic nitrogens is 1. The largest absolute Gasteiger partial charge is 0.384 e. The van der Waals surface area contributed by atoms with E-state index < -0.39 is 0 Å². The number of aryl methyl sites for hydroxylation is 1. The number of hydrogen-bond donors (Lipinski definition) is 2. The van der Waals surface area contributed by atoms with Crippen LogP contribution in [-0.4, -0.2) is 22.6 Å². The number of nitrogens with one attached hydrogen (secondary N) is 1. The molecular weight excluding hydrogens is 264 g/mol. The van der Waals surface area contributed by atoms with E-state index in [4.69, 9.17) is 5.11 Å². The van der Waals surface area contributed by atoms with E-state index in [1.807, 2.05) is 26.0 Å². The predicted octanol–water partition coefficient (Wildman–Crippen LogP) is 2.29. The number of carbonyl (C=O) groups is 1. The molecule has 2 rings (SSSR count). The molecule has 0 aliphatic carbocycles. The maximum absolute atomic E-state index is 12.3. The van der Waals surface area contributed by atoms with Gasteiger partial charge in [-0.25, -0.2) is 4.98 Å². The number of aliphatic hydroxyl groups is 1. The van der Waals surface area contributed by atoms with Crippen molar-refractivity contribution in [2.24, 2.45) is 0 Å². The molecule has 106 valence electrons. The Morgan fingerprint density at radius 3 is 2.76 bits per heavy atom. The highest BCUT2D eigenvalue weighted by Gasteiger charge is 2.11. The molecule has 1 aromatic heterocycles. The zero-order chi connectivity index (χ0) is 15.2. The number of amides is 1. The number of pyridine rings is 1. The lowest BCUT2D eigenvalue weighted by atomic mass is 10.0. The second-order valence-corrected chi connectivity index (χ2v) is 4.61. The minimum absolute atomic E-state index is 0.205. The van der Waals surface area contributed by atoms with Crippen LogP contribution in [0.4, 0.5) is 5.82 Å². The third-order valence-electron chi connectivity index (χ3n) is 3.03. The standard InChI is InChI=1S/C17H16N2O2/c1-12-8-9-16(18-11-12)19-17(21)15-7-3-5-14(13(15)2)6-4-10-20/h3,5,7-9,11,20H,10H2,1-2H3,(H,18,19,21). The Bertz CT molecular complexity index is 710. The van der Waals surface area contributed by atoms with E-state index >= 15 is 0 Å². The van der Waals surface area contributed by atoms with Crippen molar-refractivity contribution in [3.05, 3.63) is 58.8 Å². The summed E-state index contributed by atoms with van der Waals surface area (Å²) in [6.45, 7) is 3.56. The molecule has 0 bridgehead atoms. The summed E-state index contributed by atoms with van der Waals surface area (Å²) in [7, 11) is 0. The number of nitrogens with zero attached hydrogens (tertiary/aromatic N) is 1. The molecule has 0 aliphatic rings. The monoisotopic (exact) mass is 280 g/mol. The molecule has 1 aromatic carbocycles. The van der Waals surface area contributed by atoms with Crippen molar-refractivity contribution < 1.29 is 9.90 Å². The Morgan fingerprint density at radius 1 is 1.29 bits per heavy atom. The Balaban J connectivity index is 2.25. The van der Waals surface area contributed by atoms with E-state index in [9.17, 15) is 4.79 Å². The second-order valence-electron chi connectivity index (χ2n) is 4.61. The summed E-state index contributed by atoms with van der Waals surface area (Å²) in [5.74, 6) is 5.71. The van der Waals surface area contributed by atoms with Gasteiger partial charge in [-0.2, -0.15) is 0 Å². The van der Waals surface area contributed by atoms with E-state index in [2.05, 4.69) is 22.1 Å². The smallest absolute Gasteiger partial charge is 0.257 e. The van der Waals surface area contributed by atoms with Gasteiger partial charge in [0.1, 0.15) is 12.4 Å². The van der Waals surface area contributed by atoms with Crippen molar-refractivity contribution in [2.75, 3.05) is 11.9 Å². The van der Waals surface area contributed by atoms with Crippen LogP contribution in [0.5, 0.6) is 0 Å². The quantitative estimate of drug-likeness (QED) is 0.830. The average molecular weight is 280 g/mol. The summed E-state index contributed by atoms with van der Waals surface area (Å²) in [6.07, 6.45) is 1.70. The molecule has 2 N–H and O–H groups in total. The lowest BCUT2D eigenvalue weighted by Crippen LogP contribution is -2.14. The zero-order valence-electron chi connectivity index (χ0n) is 12.0. The summed E-state index contributed by atoms with van der Waals surface area (Å²) >= 11 is 0. The number of carbonyl (C=O) groups excluding carboxylic acids is 1. The Hall–Kier alpha value is -2.64. The Morgan fingerprint density at radius 2 is 2.10 bits per heavy atom. The van der Waals surface area contributed by atoms with Gasteiger partial charge in [0, 0.05) is 17.3 Å². The van der Waals surface area contributed by atoms with Crippen molar-refractivity contribution in [1.29, 1.82) is 0 Å². The van der Waals surface area contributed by atoms with Gasteiger partial charge in [0.25, 0.3) is 5.91 Å². The van der Waals surface area contributed by atoms with Crippen LogP contribution < -0.4 is 5.32 Å². The summed E-state index contributed by atoms with van der Waals surface area (Å²) in [5.41, 5.74) is 3.09. The molecule has 1 heterocycles. The summed E-state index contributed by atoms with van der Waals surface area (Å²) in [4.78, 5) is 16.4. The van der Waals surface area contributed by atoms with Crippen LogP contribution in [0.3, 0.4) is 0 Å². The molecule has 0 fully saturated rings. The topological polar surface area (TPSA) is 62.2 Å². The zero-order valence-corrected chi connectivity index (χ0v) is 12.0. The first-order chi connectivity index (χ1) is 10.1. The molecule has 2 aromatic rings. The fraction of sp³-hybridized carbons (Fsp3) is 0.176. The molecule has 0 saturated carbocycles. The van der Waals surface area contributed by atoms with Crippen LogP contribution in [0.15, 0.2) is 36.5 Å². The van der Waals surface area contributed by atoms with Crippen molar-refractivity contribution in [3.63, 3.8) is 0 Å². The van der Waals surface area contributed by atoms with Gasteiger partial charge >= 0.3 is 0 Å². The number of hydrogen-bond acceptors (Lipinski definition) is 3. The third kappa shape index (κ3) is 3.68. The predicted molar refractivity (Wildman–Crippen MR) is 82.1 cm³/mol. The van der Waals surface area contributed by atoms with Gasteiger partial charge in [0.05, 0.1) is 0 Å². The molecule has 0 unspecified atom stereocenters. The van der Waals surface area contributed by atoms with Crippen molar-refractivity contribution in [2.45, 2.75) is 13.8 Å². The number of anilines is 1. The highest BCUT2D eigenvalue weighted by molar-refractivity contribution is 6.05. The molecule has 0 aliphatic heterocycles. The van der Waals surface area contributed by atoms with Crippen LogP contribution in [0, 0.1) is 25.7 Å².